The van der Waals surface area contributed by atoms with Crippen molar-refractivity contribution in [1.29, 1.82) is 0 Å². The molecule has 2 aromatic heterocycles. The molecule has 3 aromatic rings. The quantitative estimate of drug-likeness (QED) is 0.725. The summed E-state index contributed by atoms with van der Waals surface area (Å²) in [6.07, 6.45) is 1.73. The molecule has 0 aliphatic carbocycles. The molecule has 0 radical (unpaired) electrons. The molecule has 0 aliphatic rings. The average Bonchev–Trinajstić information content (AvgIpc) is 3.01. The largest absolute Gasteiger partial charge is 0.325 e. The van der Waals surface area contributed by atoms with Crippen LogP contribution in [0.5, 0.6) is 0 Å². The summed E-state index contributed by atoms with van der Waals surface area (Å²) in [5.41, 5.74) is 1.61. The molecule has 0 atom stereocenters. The summed E-state index contributed by atoms with van der Waals surface area (Å²) < 4.78 is 1.65. The minimum Gasteiger partial charge on any atom is -0.325 e. The van der Waals surface area contributed by atoms with Crippen LogP contribution in [0.4, 0.5) is 5.69 Å². The minimum atomic E-state index is -0.105. The summed E-state index contributed by atoms with van der Waals surface area (Å²) in [5, 5.41) is 15.8. The molecule has 0 saturated heterocycles. The van der Waals surface area contributed by atoms with E-state index in [4.69, 9.17) is 0 Å². The van der Waals surface area contributed by atoms with E-state index < -0.39 is 0 Å². The van der Waals surface area contributed by atoms with E-state index in [0.29, 0.717) is 11.7 Å². The molecule has 22 heavy (non-hydrogen) atoms. The zero-order valence-corrected chi connectivity index (χ0v) is 12.7. The number of thioether (sulfide) groups is 1. The number of anilines is 1. The lowest BCUT2D eigenvalue weighted by atomic mass is 10.2. The van der Waals surface area contributed by atoms with Crippen LogP contribution >= 0.6 is 11.8 Å². The first-order chi connectivity index (χ1) is 10.8. The van der Waals surface area contributed by atoms with Crippen LogP contribution < -0.4 is 5.32 Å². The van der Waals surface area contributed by atoms with Gasteiger partial charge in [-0.15, -0.1) is 5.10 Å². The van der Waals surface area contributed by atoms with Gasteiger partial charge in [-0.05, 0) is 41.6 Å². The van der Waals surface area contributed by atoms with Crippen molar-refractivity contribution >= 4 is 34.3 Å². The van der Waals surface area contributed by atoms with Crippen molar-refractivity contribution in [3.05, 3.63) is 36.5 Å². The summed E-state index contributed by atoms with van der Waals surface area (Å²) in [6.45, 7) is 2.62. The monoisotopic (exact) mass is 314 g/mol. The van der Waals surface area contributed by atoms with Crippen molar-refractivity contribution in [1.82, 2.24) is 25.2 Å². The summed E-state index contributed by atoms with van der Waals surface area (Å²) >= 11 is 1.31. The molecule has 0 spiro atoms. The minimum absolute atomic E-state index is 0.105. The van der Waals surface area contributed by atoms with Crippen LogP contribution in [-0.2, 0) is 11.3 Å². The molecule has 0 saturated carbocycles. The number of rotatable bonds is 5. The number of pyridine rings is 1. The fraction of sp³-hybridized carbons (Fsp3) is 0.214. The Hall–Kier alpha value is -2.48. The molecule has 7 nitrogen and oxygen atoms in total. The Balaban J connectivity index is 1.69. The molecule has 112 valence electrons. The smallest absolute Gasteiger partial charge is 0.234 e. The first kappa shape index (κ1) is 14.5. The lowest BCUT2D eigenvalue weighted by Gasteiger charge is -2.08. The zero-order valence-electron chi connectivity index (χ0n) is 11.9. The second-order valence-electron chi connectivity index (χ2n) is 4.49. The van der Waals surface area contributed by atoms with Gasteiger partial charge in [-0.25, -0.2) is 4.68 Å². The van der Waals surface area contributed by atoms with E-state index in [2.05, 4.69) is 25.8 Å². The number of amides is 1. The van der Waals surface area contributed by atoms with Crippen molar-refractivity contribution in [2.24, 2.45) is 0 Å². The van der Waals surface area contributed by atoms with E-state index in [1.54, 1.807) is 10.9 Å². The van der Waals surface area contributed by atoms with Crippen molar-refractivity contribution in [3.63, 3.8) is 0 Å². The number of carbonyl (C=O) groups excluding carboxylic acids is 1. The molecule has 3 rings (SSSR count). The Labute approximate surface area is 131 Å². The van der Waals surface area contributed by atoms with Crippen LogP contribution in [0.1, 0.15) is 6.92 Å². The van der Waals surface area contributed by atoms with E-state index >= 15 is 0 Å². The number of hydrogen-bond donors (Lipinski definition) is 1. The number of nitrogens with one attached hydrogen (secondary N) is 1. The molecular formula is C14H14N6OS. The van der Waals surface area contributed by atoms with Gasteiger partial charge >= 0.3 is 0 Å². The highest BCUT2D eigenvalue weighted by molar-refractivity contribution is 7.99. The van der Waals surface area contributed by atoms with Gasteiger partial charge in [0.2, 0.25) is 11.1 Å². The summed E-state index contributed by atoms with van der Waals surface area (Å²) in [7, 11) is 0. The van der Waals surface area contributed by atoms with Crippen LogP contribution in [0.25, 0.3) is 10.9 Å². The maximum Gasteiger partial charge on any atom is 0.234 e. The first-order valence-electron chi connectivity index (χ1n) is 6.80. The Morgan fingerprint density at radius 1 is 1.32 bits per heavy atom. The molecule has 1 aromatic carbocycles. The fourth-order valence-corrected chi connectivity index (χ4v) is 2.77. The van der Waals surface area contributed by atoms with Gasteiger partial charge in [0.05, 0.1) is 17.0 Å². The van der Waals surface area contributed by atoms with Crippen molar-refractivity contribution in [2.75, 3.05) is 11.1 Å². The highest BCUT2D eigenvalue weighted by atomic mass is 32.2. The number of aromatic nitrogens is 5. The Kier molecular flexibility index (Phi) is 4.29. The van der Waals surface area contributed by atoms with Crippen LogP contribution in [0, 0.1) is 0 Å². The number of aryl methyl sites for hydroxylation is 1. The predicted molar refractivity (Wildman–Crippen MR) is 84.6 cm³/mol. The fourth-order valence-electron chi connectivity index (χ4n) is 2.03. The lowest BCUT2D eigenvalue weighted by molar-refractivity contribution is -0.113. The Morgan fingerprint density at radius 3 is 3.09 bits per heavy atom. The Bertz CT molecular complexity index is 797. The topological polar surface area (TPSA) is 85.6 Å². The lowest BCUT2D eigenvalue weighted by Crippen LogP contribution is -2.15. The van der Waals surface area contributed by atoms with Crippen LogP contribution in [0.15, 0.2) is 41.7 Å². The third kappa shape index (κ3) is 3.06. The van der Waals surface area contributed by atoms with Crippen molar-refractivity contribution in [2.45, 2.75) is 18.6 Å². The SMILES string of the molecule is CCn1nnnc1SCC(=O)Nc1cccc2ncccc12. The first-order valence-corrected chi connectivity index (χ1v) is 7.79. The number of benzene rings is 1. The Morgan fingerprint density at radius 2 is 2.23 bits per heavy atom. The van der Waals surface area contributed by atoms with Gasteiger partial charge in [0.15, 0.2) is 0 Å². The molecule has 2 heterocycles. The predicted octanol–water partition coefficient (Wildman–Crippen LogP) is 1.97. The second kappa shape index (κ2) is 6.52. The van der Waals surface area contributed by atoms with Gasteiger partial charge < -0.3 is 5.32 Å². The zero-order chi connectivity index (χ0) is 15.4. The number of fused-ring (bicyclic) bond motifs is 1. The van der Waals surface area contributed by atoms with Crippen molar-refractivity contribution < 1.29 is 4.79 Å². The van der Waals surface area contributed by atoms with E-state index in [0.717, 1.165) is 16.6 Å². The van der Waals surface area contributed by atoms with Crippen LogP contribution in [-0.4, -0.2) is 36.9 Å². The van der Waals surface area contributed by atoms with Crippen LogP contribution in [0.2, 0.25) is 0 Å². The van der Waals surface area contributed by atoms with E-state index in [-0.39, 0.29) is 11.7 Å². The number of nitrogens with zero attached hydrogens (tertiary/aromatic N) is 5. The second-order valence-corrected chi connectivity index (χ2v) is 5.43. The van der Waals surface area contributed by atoms with Gasteiger partial charge in [-0.2, -0.15) is 0 Å². The highest BCUT2D eigenvalue weighted by Gasteiger charge is 2.10. The van der Waals surface area contributed by atoms with E-state index in [9.17, 15) is 4.79 Å². The molecular weight excluding hydrogens is 300 g/mol. The standard InChI is InChI=1S/C14H14N6OS/c1-2-20-14(17-18-19-20)22-9-13(21)16-12-7-3-6-11-10(12)5-4-8-15-11/h3-8H,2,9H2,1H3,(H,16,21). The van der Waals surface area contributed by atoms with E-state index in [1.165, 1.54) is 11.8 Å². The molecule has 0 unspecified atom stereocenters. The molecule has 8 heteroatoms. The third-order valence-electron chi connectivity index (χ3n) is 3.05. The van der Waals surface area contributed by atoms with Crippen molar-refractivity contribution in [3.8, 4) is 0 Å². The van der Waals surface area contributed by atoms with Gasteiger partial charge in [-0.1, -0.05) is 17.8 Å². The summed E-state index contributed by atoms with van der Waals surface area (Å²) in [5.74, 6) is 0.142. The van der Waals surface area contributed by atoms with Gasteiger partial charge in [-0.3, -0.25) is 9.78 Å². The maximum absolute atomic E-state index is 12.1. The number of hydrogen-bond acceptors (Lipinski definition) is 6. The van der Waals surface area contributed by atoms with Gasteiger partial charge in [0, 0.05) is 18.1 Å². The highest BCUT2D eigenvalue weighted by Crippen LogP contribution is 2.22. The maximum atomic E-state index is 12.1. The molecule has 0 aliphatic heterocycles. The molecule has 1 N–H and O–H groups in total. The summed E-state index contributed by atoms with van der Waals surface area (Å²) in [4.78, 5) is 16.4. The van der Waals surface area contributed by atoms with Crippen LogP contribution in [0.3, 0.4) is 0 Å². The van der Waals surface area contributed by atoms with E-state index in [1.807, 2.05) is 37.3 Å². The molecule has 0 fully saturated rings. The van der Waals surface area contributed by atoms with Gasteiger partial charge in [0.1, 0.15) is 0 Å². The van der Waals surface area contributed by atoms with Gasteiger partial charge in [0.25, 0.3) is 0 Å². The molecule has 1 amide bonds. The summed E-state index contributed by atoms with van der Waals surface area (Å²) in [6, 6.07) is 9.43. The average molecular weight is 314 g/mol. The normalized spacial score (nSPS) is 10.8. The third-order valence-corrected chi connectivity index (χ3v) is 4.01. The number of carbonyl (C=O) groups is 1. The number of tetrazole rings is 1. The molecule has 0 bridgehead atoms.